The molecule has 0 spiro atoms. The summed E-state index contributed by atoms with van der Waals surface area (Å²) in [7, 11) is 0. The molecule has 0 radical (unpaired) electrons. The Hall–Kier alpha value is -2.69. The second kappa shape index (κ2) is 8.34. The standard InChI is InChI=1S/C22H18N4O3S3/c27-21-18-14-6-1-2-7-15(14)32-20(18)24-22(26(21)11-13-5-3-9-28-13)31-12-17-23-19(25-29-17)16-8-4-10-30-16/h3-5,8-10H,1-2,6-7,11-12H2. The molecule has 0 saturated carbocycles. The van der Waals surface area contributed by atoms with E-state index in [1.807, 2.05) is 29.6 Å². The minimum Gasteiger partial charge on any atom is -0.467 e. The van der Waals surface area contributed by atoms with Gasteiger partial charge in [0.25, 0.3) is 5.56 Å². The summed E-state index contributed by atoms with van der Waals surface area (Å²) in [5, 5.41) is 7.46. The normalized spacial score (nSPS) is 13.6. The fourth-order valence-electron chi connectivity index (χ4n) is 3.97. The smallest absolute Gasteiger partial charge is 0.263 e. The molecule has 0 aliphatic heterocycles. The molecule has 0 aromatic carbocycles. The molecule has 5 heterocycles. The molecular weight excluding hydrogens is 464 g/mol. The number of hydrogen-bond donors (Lipinski definition) is 0. The van der Waals surface area contributed by atoms with E-state index in [-0.39, 0.29) is 5.56 Å². The van der Waals surface area contributed by atoms with Gasteiger partial charge in [-0.05, 0) is 54.8 Å². The first-order valence-corrected chi connectivity index (χ1v) is 13.0. The first kappa shape index (κ1) is 20.0. The van der Waals surface area contributed by atoms with Crippen LogP contribution < -0.4 is 5.56 Å². The molecule has 5 aromatic rings. The lowest BCUT2D eigenvalue weighted by atomic mass is 9.97. The van der Waals surface area contributed by atoms with Gasteiger partial charge in [-0.2, -0.15) is 4.98 Å². The zero-order valence-electron chi connectivity index (χ0n) is 16.9. The predicted molar refractivity (Wildman–Crippen MR) is 126 cm³/mol. The first-order valence-electron chi connectivity index (χ1n) is 10.3. The molecule has 0 atom stereocenters. The summed E-state index contributed by atoms with van der Waals surface area (Å²) in [6.45, 7) is 0.339. The minimum absolute atomic E-state index is 0.00176. The Balaban J connectivity index is 1.37. The maximum absolute atomic E-state index is 13.6. The molecule has 162 valence electrons. The van der Waals surface area contributed by atoms with Crippen molar-refractivity contribution in [2.45, 2.75) is 43.1 Å². The number of aryl methyl sites for hydroxylation is 2. The highest BCUT2D eigenvalue weighted by atomic mass is 32.2. The lowest BCUT2D eigenvalue weighted by molar-refractivity contribution is 0.391. The van der Waals surface area contributed by atoms with E-state index >= 15 is 0 Å². The van der Waals surface area contributed by atoms with Crippen molar-refractivity contribution in [1.82, 2.24) is 19.7 Å². The molecule has 5 aromatic heterocycles. The molecule has 6 rings (SSSR count). The summed E-state index contributed by atoms with van der Waals surface area (Å²) in [4.78, 5) is 26.1. The fraction of sp³-hybridized carbons (Fsp3) is 0.273. The summed E-state index contributed by atoms with van der Waals surface area (Å²) in [6, 6.07) is 7.62. The highest BCUT2D eigenvalue weighted by Crippen LogP contribution is 2.35. The SMILES string of the molecule is O=c1c2c3c(sc2nc(SCc2nc(-c4cccs4)no2)n1Cc1ccco1)CCCC3. The lowest BCUT2D eigenvalue weighted by Crippen LogP contribution is -2.24. The average Bonchev–Trinajstić information content (AvgIpc) is 3.60. The average molecular weight is 483 g/mol. The lowest BCUT2D eigenvalue weighted by Gasteiger charge is -2.12. The van der Waals surface area contributed by atoms with Crippen molar-refractivity contribution in [3.8, 4) is 10.7 Å². The second-order valence-electron chi connectivity index (χ2n) is 7.53. The number of thiophene rings is 2. The van der Waals surface area contributed by atoms with Crippen LogP contribution in [0, 0.1) is 0 Å². The van der Waals surface area contributed by atoms with E-state index in [1.165, 1.54) is 28.6 Å². The molecule has 0 fully saturated rings. The zero-order valence-corrected chi connectivity index (χ0v) is 19.4. The van der Waals surface area contributed by atoms with E-state index in [9.17, 15) is 4.79 Å². The molecule has 0 amide bonds. The third-order valence-corrected chi connectivity index (χ3v) is 8.48. The molecular formula is C22H18N4O3S3. The summed E-state index contributed by atoms with van der Waals surface area (Å²) < 4.78 is 12.7. The van der Waals surface area contributed by atoms with E-state index in [0.29, 0.717) is 29.2 Å². The van der Waals surface area contributed by atoms with Crippen LogP contribution >= 0.6 is 34.4 Å². The molecule has 32 heavy (non-hydrogen) atoms. The van der Waals surface area contributed by atoms with Gasteiger partial charge in [-0.1, -0.05) is 23.0 Å². The molecule has 0 saturated heterocycles. The third kappa shape index (κ3) is 3.62. The van der Waals surface area contributed by atoms with Crippen molar-refractivity contribution in [3.63, 3.8) is 0 Å². The number of fused-ring (bicyclic) bond motifs is 3. The van der Waals surface area contributed by atoms with Gasteiger partial charge in [0.05, 0.1) is 28.8 Å². The van der Waals surface area contributed by atoms with Crippen molar-refractivity contribution < 1.29 is 8.94 Å². The molecule has 0 bridgehead atoms. The Morgan fingerprint density at radius 3 is 2.94 bits per heavy atom. The van der Waals surface area contributed by atoms with Crippen molar-refractivity contribution in [2.75, 3.05) is 0 Å². The first-order chi connectivity index (χ1) is 15.8. The molecule has 1 aliphatic carbocycles. The van der Waals surface area contributed by atoms with Gasteiger partial charge in [-0.3, -0.25) is 9.36 Å². The monoisotopic (exact) mass is 482 g/mol. The van der Waals surface area contributed by atoms with E-state index in [4.69, 9.17) is 13.9 Å². The summed E-state index contributed by atoms with van der Waals surface area (Å²) in [5.41, 5.74) is 1.19. The van der Waals surface area contributed by atoms with Crippen LogP contribution in [-0.2, 0) is 25.1 Å². The van der Waals surface area contributed by atoms with Gasteiger partial charge in [-0.25, -0.2) is 4.98 Å². The van der Waals surface area contributed by atoms with Crippen LogP contribution in [0.1, 0.15) is 34.9 Å². The largest absolute Gasteiger partial charge is 0.467 e. The van der Waals surface area contributed by atoms with E-state index in [0.717, 1.165) is 40.1 Å². The number of rotatable bonds is 6. The molecule has 0 N–H and O–H groups in total. The van der Waals surface area contributed by atoms with Crippen LogP contribution in [0.5, 0.6) is 0 Å². The molecule has 7 nitrogen and oxygen atoms in total. The summed E-state index contributed by atoms with van der Waals surface area (Å²) in [6.07, 6.45) is 5.90. The summed E-state index contributed by atoms with van der Waals surface area (Å²) >= 11 is 4.66. The minimum atomic E-state index is -0.00176. The Morgan fingerprint density at radius 1 is 1.16 bits per heavy atom. The van der Waals surface area contributed by atoms with E-state index < -0.39 is 0 Å². The Morgan fingerprint density at radius 2 is 2.09 bits per heavy atom. The predicted octanol–water partition coefficient (Wildman–Crippen LogP) is 5.38. The number of aromatic nitrogens is 4. The number of hydrogen-bond acceptors (Lipinski definition) is 9. The maximum atomic E-state index is 13.6. The molecule has 1 aliphatic rings. The molecule has 10 heteroatoms. The van der Waals surface area contributed by atoms with Crippen LogP contribution in [0.3, 0.4) is 0 Å². The maximum Gasteiger partial charge on any atom is 0.263 e. The van der Waals surface area contributed by atoms with Crippen molar-refractivity contribution in [2.24, 2.45) is 0 Å². The fourth-order valence-corrected chi connectivity index (χ4v) is 6.76. The highest BCUT2D eigenvalue weighted by molar-refractivity contribution is 7.98. The zero-order chi connectivity index (χ0) is 21.5. The van der Waals surface area contributed by atoms with Crippen molar-refractivity contribution in [1.29, 1.82) is 0 Å². The number of thioether (sulfide) groups is 1. The Kier molecular flexibility index (Phi) is 5.20. The van der Waals surface area contributed by atoms with Gasteiger partial charge in [0, 0.05) is 4.88 Å². The summed E-state index contributed by atoms with van der Waals surface area (Å²) in [5.74, 6) is 2.23. The van der Waals surface area contributed by atoms with Crippen LogP contribution in [0.2, 0.25) is 0 Å². The van der Waals surface area contributed by atoms with Crippen LogP contribution in [0.25, 0.3) is 20.9 Å². The van der Waals surface area contributed by atoms with Crippen LogP contribution in [-0.4, -0.2) is 19.7 Å². The van der Waals surface area contributed by atoms with Crippen molar-refractivity contribution in [3.05, 3.63) is 68.4 Å². The Labute approximate surface area is 195 Å². The van der Waals surface area contributed by atoms with Gasteiger partial charge < -0.3 is 8.94 Å². The van der Waals surface area contributed by atoms with Crippen LogP contribution in [0.15, 0.2) is 54.8 Å². The van der Waals surface area contributed by atoms with E-state index in [1.54, 1.807) is 33.5 Å². The van der Waals surface area contributed by atoms with Gasteiger partial charge in [-0.15, -0.1) is 22.7 Å². The van der Waals surface area contributed by atoms with Gasteiger partial charge in [0.15, 0.2) is 5.16 Å². The van der Waals surface area contributed by atoms with E-state index in [2.05, 4.69) is 10.1 Å². The van der Waals surface area contributed by atoms with Gasteiger partial charge >= 0.3 is 0 Å². The quantitative estimate of drug-likeness (QED) is 0.237. The van der Waals surface area contributed by atoms with Gasteiger partial charge in [0.1, 0.15) is 10.6 Å². The molecule has 0 unspecified atom stereocenters. The third-order valence-electron chi connectivity index (χ3n) is 5.47. The number of furan rings is 1. The topological polar surface area (TPSA) is 87.0 Å². The van der Waals surface area contributed by atoms with Crippen LogP contribution in [0.4, 0.5) is 0 Å². The second-order valence-corrected chi connectivity index (χ2v) is 10.5. The van der Waals surface area contributed by atoms with Gasteiger partial charge in [0.2, 0.25) is 11.7 Å². The Bertz CT molecular complexity index is 1430. The number of nitrogens with zero attached hydrogens (tertiary/aromatic N) is 4. The highest BCUT2D eigenvalue weighted by Gasteiger charge is 2.23. The van der Waals surface area contributed by atoms with Crippen molar-refractivity contribution >= 4 is 44.7 Å².